The molecular weight excluding hydrogens is 446 g/mol. The SMILES string of the molecule is C=C1c2ccccc2CN(CC)C(=O)c2ccccc2CN(CC)C(=O)c2ccccc2CN1CC. The Morgan fingerprint density at radius 3 is 1.31 bits per heavy atom. The van der Waals surface area contributed by atoms with Crippen LogP contribution in [-0.4, -0.2) is 46.1 Å². The molecule has 1 aliphatic heterocycles. The number of carbonyl (C=O) groups excluding carboxylic acids is 2. The van der Waals surface area contributed by atoms with E-state index in [-0.39, 0.29) is 11.8 Å². The zero-order valence-electron chi connectivity index (χ0n) is 21.5. The highest BCUT2D eigenvalue weighted by Gasteiger charge is 2.25. The van der Waals surface area contributed by atoms with E-state index in [0.29, 0.717) is 43.9 Å². The summed E-state index contributed by atoms with van der Waals surface area (Å²) < 4.78 is 0. The molecule has 186 valence electrons. The van der Waals surface area contributed by atoms with Crippen molar-refractivity contribution >= 4 is 17.5 Å². The Hall–Kier alpha value is -3.86. The summed E-state index contributed by atoms with van der Waals surface area (Å²) in [4.78, 5) is 33.5. The number of hydrogen-bond acceptors (Lipinski definition) is 3. The Balaban J connectivity index is 1.89. The number of fused-ring (bicyclic) bond motifs is 3. The summed E-state index contributed by atoms with van der Waals surface area (Å²) in [6, 6.07) is 23.6. The second kappa shape index (κ2) is 11.3. The Bertz CT molecular complexity index is 1110. The molecule has 0 aliphatic carbocycles. The highest BCUT2D eigenvalue weighted by molar-refractivity contribution is 5.97. The van der Waals surface area contributed by atoms with Crippen molar-refractivity contribution in [1.82, 2.24) is 14.7 Å². The molecule has 0 saturated carbocycles. The van der Waals surface area contributed by atoms with Crippen molar-refractivity contribution in [2.75, 3.05) is 19.6 Å². The van der Waals surface area contributed by atoms with Gasteiger partial charge in [0.05, 0.1) is 0 Å². The van der Waals surface area contributed by atoms with Crippen LogP contribution in [0.1, 0.15) is 63.7 Å². The molecule has 1 heterocycles. The third kappa shape index (κ3) is 5.06. The molecule has 0 fully saturated rings. The molecule has 2 amide bonds. The van der Waals surface area contributed by atoms with Gasteiger partial charge in [-0.3, -0.25) is 9.59 Å². The molecule has 0 N–H and O–H groups in total. The molecule has 0 saturated heterocycles. The maximum absolute atomic E-state index is 13.8. The lowest BCUT2D eigenvalue weighted by Crippen LogP contribution is -2.34. The third-order valence-electron chi connectivity index (χ3n) is 7.01. The van der Waals surface area contributed by atoms with Crippen LogP contribution in [-0.2, 0) is 19.6 Å². The van der Waals surface area contributed by atoms with Crippen molar-refractivity contribution in [1.29, 1.82) is 0 Å². The van der Waals surface area contributed by atoms with Crippen LogP contribution in [0.2, 0.25) is 0 Å². The highest BCUT2D eigenvalue weighted by Crippen LogP contribution is 2.27. The van der Waals surface area contributed by atoms with Gasteiger partial charge in [-0.25, -0.2) is 0 Å². The molecule has 0 unspecified atom stereocenters. The van der Waals surface area contributed by atoms with Gasteiger partial charge in [-0.2, -0.15) is 0 Å². The third-order valence-corrected chi connectivity index (χ3v) is 7.01. The number of rotatable bonds is 3. The molecule has 0 spiro atoms. The molecule has 4 rings (SSSR count). The summed E-state index contributed by atoms with van der Waals surface area (Å²) in [6.45, 7) is 13.9. The quantitative estimate of drug-likeness (QED) is 0.474. The van der Waals surface area contributed by atoms with Gasteiger partial charge in [-0.05, 0) is 49.6 Å². The molecule has 0 radical (unpaired) electrons. The van der Waals surface area contributed by atoms with Crippen molar-refractivity contribution in [2.45, 2.75) is 40.4 Å². The van der Waals surface area contributed by atoms with Gasteiger partial charge in [0.2, 0.25) is 0 Å². The fourth-order valence-electron chi connectivity index (χ4n) is 4.85. The minimum atomic E-state index is -0.0281. The Morgan fingerprint density at radius 1 is 0.556 bits per heavy atom. The summed E-state index contributed by atoms with van der Waals surface area (Å²) in [6.07, 6.45) is 0. The van der Waals surface area contributed by atoms with Crippen LogP contribution in [0.4, 0.5) is 0 Å². The van der Waals surface area contributed by atoms with Crippen LogP contribution < -0.4 is 0 Å². The summed E-state index contributed by atoms with van der Waals surface area (Å²) in [7, 11) is 0. The standard InChI is InChI=1S/C31H35N3O2/c1-5-32-20-25-15-9-12-18-28(25)30(35)34(7-3)22-26-16-10-13-19-29(26)31(36)33(6-2)21-24-14-8-11-17-27(24)23(32)4/h8-19H,4-7,20-22H2,1-3H3. The van der Waals surface area contributed by atoms with Crippen LogP contribution >= 0.6 is 0 Å². The van der Waals surface area contributed by atoms with E-state index >= 15 is 0 Å². The van der Waals surface area contributed by atoms with Gasteiger partial charge >= 0.3 is 0 Å². The van der Waals surface area contributed by atoms with Crippen molar-refractivity contribution in [3.05, 3.63) is 113 Å². The molecule has 36 heavy (non-hydrogen) atoms. The van der Waals surface area contributed by atoms with Crippen molar-refractivity contribution < 1.29 is 9.59 Å². The van der Waals surface area contributed by atoms with Gasteiger partial charge in [-0.15, -0.1) is 0 Å². The molecule has 0 aromatic heterocycles. The largest absolute Gasteiger partial charge is 0.367 e. The van der Waals surface area contributed by atoms with Gasteiger partial charge in [0, 0.05) is 61.7 Å². The van der Waals surface area contributed by atoms with E-state index in [1.54, 1.807) is 0 Å². The monoisotopic (exact) mass is 481 g/mol. The number of hydrogen-bond donors (Lipinski definition) is 0. The predicted molar refractivity (Wildman–Crippen MR) is 145 cm³/mol. The lowest BCUT2D eigenvalue weighted by Gasteiger charge is -2.29. The normalized spacial score (nSPS) is 15.1. The predicted octanol–water partition coefficient (Wildman–Crippen LogP) is 5.82. The molecule has 3 aromatic rings. The lowest BCUT2D eigenvalue weighted by molar-refractivity contribution is 0.0725. The summed E-state index contributed by atoms with van der Waals surface area (Å²) in [5, 5.41) is 0. The molecule has 5 nitrogen and oxygen atoms in total. The van der Waals surface area contributed by atoms with Crippen LogP contribution in [0.3, 0.4) is 0 Å². The molecular formula is C31H35N3O2. The molecule has 1 aliphatic rings. The summed E-state index contributed by atoms with van der Waals surface area (Å²) in [5.74, 6) is -0.0562. The number of nitrogens with zero attached hydrogens (tertiary/aromatic N) is 3. The summed E-state index contributed by atoms with van der Waals surface area (Å²) in [5.41, 5.74) is 6.12. The first kappa shape index (κ1) is 25.2. The summed E-state index contributed by atoms with van der Waals surface area (Å²) >= 11 is 0. The van der Waals surface area contributed by atoms with Crippen molar-refractivity contribution in [3.63, 3.8) is 0 Å². The van der Waals surface area contributed by atoms with E-state index < -0.39 is 0 Å². The Kier molecular flexibility index (Phi) is 7.89. The van der Waals surface area contributed by atoms with Crippen LogP contribution in [0.25, 0.3) is 5.70 Å². The molecule has 5 heteroatoms. The van der Waals surface area contributed by atoms with E-state index in [1.165, 1.54) is 0 Å². The van der Waals surface area contributed by atoms with Crippen LogP contribution in [0.15, 0.2) is 79.4 Å². The van der Waals surface area contributed by atoms with E-state index in [4.69, 9.17) is 0 Å². The zero-order chi connectivity index (χ0) is 25.7. The number of amides is 2. The molecule has 0 bridgehead atoms. The first-order valence-electron chi connectivity index (χ1n) is 12.7. The fourth-order valence-corrected chi connectivity index (χ4v) is 4.85. The Labute approximate surface area is 214 Å². The van der Waals surface area contributed by atoms with E-state index in [1.807, 2.05) is 84.3 Å². The second-order valence-electron chi connectivity index (χ2n) is 9.07. The van der Waals surface area contributed by atoms with Gasteiger partial charge in [-0.1, -0.05) is 67.2 Å². The van der Waals surface area contributed by atoms with Crippen molar-refractivity contribution in [2.24, 2.45) is 0 Å². The number of carbonyl (C=O) groups is 2. The number of benzene rings is 3. The smallest absolute Gasteiger partial charge is 0.254 e. The minimum absolute atomic E-state index is 0.0281. The topological polar surface area (TPSA) is 43.9 Å². The van der Waals surface area contributed by atoms with E-state index in [9.17, 15) is 9.59 Å². The first-order chi connectivity index (χ1) is 17.5. The van der Waals surface area contributed by atoms with E-state index in [0.717, 1.165) is 34.5 Å². The molecule has 0 atom stereocenters. The van der Waals surface area contributed by atoms with Crippen molar-refractivity contribution in [3.8, 4) is 0 Å². The second-order valence-corrected chi connectivity index (χ2v) is 9.07. The van der Waals surface area contributed by atoms with Crippen LogP contribution in [0.5, 0.6) is 0 Å². The van der Waals surface area contributed by atoms with Gasteiger partial charge in [0.15, 0.2) is 0 Å². The molecule has 3 aromatic carbocycles. The first-order valence-corrected chi connectivity index (χ1v) is 12.7. The average molecular weight is 482 g/mol. The van der Waals surface area contributed by atoms with Gasteiger partial charge < -0.3 is 14.7 Å². The van der Waals surface area contributed by atoms with Gasteiger partial charge in [0.25, 0.3) is 11.8 Å². The maximum atomic E-state index is 13.8. The Morgan fingerprint density at radius 2 is 0.889 bits per heavy atom. The van der Waals surface area contributed by atoms with Gasteiger partial charge in [0.1, 0.15) is 0 Å². The minimum Gasteiger partial charge on any atom is -0.367 e. The van der Waals surface area contributed by atoms with Crippen LogP contribution in [0, 0.1) is 0 Å². The maximum Gasteiger partial charge on any atom is 0.254 e. The average Bonchev–Trinajstić information content (AvgIpc) is 2.92. The zero-order valence-corrected chi connectivity index (χ0v) is 21.5. The van der Waals surface area contributed by atoms with E-state index in [2.05, 4.69) is 30.5 Å². The highest BCUT2D eigenvalue weighted by atomic mass is 16.2. The fraction of sp³-hybridized carbons (Fsp3) is 0.290. The lowest BCUT2D eigenvalue weighted by atomic mass is 10.0.